The minimum atomic E-state index is -0.193. The third kappa shape index (κ3) is 3.56. The summed E-state index contributed by atoms with van der Waals surface area (Å²) in [5.41, 5.74) is 2.13. The van der Waals surface area contributed by atoms with E-state index >= 15 is 0 Å². The molecule has 3 nitrogen and oxygen atoms in total. The first-order valence-corrected chi connectivity index (χ1v) is 6.63. The van der Waals surface area contributed by atoms with E-state index in [2.05, 4.69) is 28.7 Å². The lowest BCUT2D eigenvalue weighted by Gasteiger charge is -2.15. The molecule has 2 rings (SSSR count). The number of hydrogen-bond donors (Lipinski definition) is 1. The number of anilines is 1. The fraction of sp³-hybridized carbons (Fsp3) is 0.400. The van der Waals surface area contributed by atoms with Gasteiger partial charge in [-0.05, 0) is 44.9 Å². The van der Waals surface area contributed by atoms with Crippen LogP contribution in [0.2, 0.25) is 0 Å². The molecule has 102 valence electrons. The molecule has 4 heteroatoms. The van der Waals surface area contributed by atoms with Crippen LogP contribution >= 0.6 is 0 Å². The summed E-state index contributed by atoms with van der Waals surface area (Å²) in [7, 11) is 0. The predicted molar refractivity (Wildman–Crippen MR) is 75.8 cm³/mol. The summed E-state index contributed by atoms with van der Waals surface area (Å²) in [4.78, 5) is 4.47. The molecule has 0 aliphatic rings. The van der Waals surface area contributed by atoms with Crippen molar-refractivity contribution in [2.24, 2.45) is 0 Å². The van der Waals surface area contributed by atoms with E-state index in [9.17, 15) is 4.39 Å². The molecule has 1 unspecified atom stereocenters. The van der Waals surface area contributed by atoms with Crippen molar-refractivity contribution in [2.45, 2.75) is 39.8 Å². The zero-order chi connectivity index (χ0) is 13.8. The second kappa shape index (κ2) is 5.87. The molecule has 19 heavy (non-hydrogen) atoms. The van der Waals surface area contributed by atoms with Gasteiger partial charge in [0.05, 0.1) is 5.69 Å². The van der Waals surface area contributed by atoms with Crippen LogP contribution in [0.25, 0.3) is 0 Å². The predicted octanol–water partition coefficient (Wildman–Crippen LogP) is 3.39. The quantitative estimate of drug-likeness (QED) is 0.894. The third-order valence-corrected chi connectivity index (χ3v) is 3.07. The van der Waals surface area contributed by atoms with E-state index in [1.165, 1.54) is 12.1 Å². The van der Waals surface area contributed by atoms with Gasteiger partial charge in [-0.2, -0.15) is 0 Å². The summed E-state index contributed by atoms with van der Waals surface area (Å²) in [6.45, 7) is 7.08. The molecule has 0 saturated carbocycles. The normalized spacial score (nSPS) is 12.4. The Morgan fingerprint density at radius 1 is 1.32 bits per heavy atom. The number of aryl methyl sites for hydroxylation is 2. The van der Waals surface area contributed by atoms with Crippen molar-refractivity contribution in [2.75, 3.05) is 5.32 Å². The fourth-order valence-corrected chi connectivity index (χ4v) is 2.15. The maximum absolute atomic E-state index is 12.8. The van der Waals surface area contributed by atoms with Gasteiger partial charge in [-0.25, -0.2) is 9.37 Å². The first kappa shape index (κ1) is 13.6. The van der Waals surface area contributed by atoms with Crippen LogP contribution in [0.4, 0.5) is 10.3 Å². The van der Waals surface area contributed by atoms with Crippen molar-refractivity contribution in [1.82, 2.24) is 9.55 Å². The van der Waals surface area contributed by atoms with E-state index in [0.29, 0.717) is 0 Å². The Hall–Kier alpha value is -1.84. The maximum atomic E-state index is 12.8. The molecule has 0 aliphatic carbocycles. The molecule has 0 aliphatic heterocycles. The Kier molecular flexibility index (Phi) is 4.20. The highest BCUT2D eigenvalue weighted by Crippen LogP contribution is 2.12. The monoisotopic (exact) mass is 261 g/mol. The minimum Gasteiger partial charge on any atom is -0.353 e. The molecule has 0 radical (unpaired) electrons. The molecule has 0 fully saturated rings. The van der Waals surface area contributed by atoms with Crippen LogP contribution < -0.4 is 5.32 Å². The number of nitrogens with one attached hydrogen (secondary N) is 1. The average molecular weight is 261 g/mol. The topological polar surface area (TPSA) is 29.9 Å². The van der Waals surface area contributed by atoms with Crippen LogP contribution in [0.1, 0.15) is 25.1 Å². The molecule has 0 spiro atoms. The van der Waals surface area contributed by atoms with Crippen molar-refractivity contribution in [3.05, 3.63) is 47.5 Å². The minimum absolute atomic E-state index is 0.193. The Morgan fingerprint density at radius 3 is 2.63 bits per heavy atom. The van der Waals surface area contributed by atoms with Crippen LogP contribution in [-0.4, -0.2) is 15.6 Å². The molecule has 0 amide bonds. The van der Waals surface area contributed by atoms with Gasteiger partial charge >= 0.3 is 0 Å². The Bertz CT molecular complexity index is 531. The van der Waals surface area contributed by atoms with Gasteiger partial charge in [0.1, 0.15) is 5.82 Å². The zero-order valence-electron chi connectivity index (χ0n) is 11.7. The van der Waals surface area contributed by atoms with E-state index in [4.69, 9.17) is 0 Å². The molecule has 1 aromatic heterocycles. The summed E-state index contributed by atoms with van der Waals surface area (Å²) >= 11 is 0. The largest absolute Gasteiger partial charge is 0.353 e. The summed E-state index contributed by atoms with van der Waals surface area (Å²) in [6.07, 6.45) is 2.88. The van der Waals surface area contributed by atoms with Crippen LogP contribution in [0, 0.1) is 12.7 Å². The van der Waals surface area contributed by atoms with Gasteiger partial charge < -0.3 is 9.88 Å². The number of nitrogens with zero attached hydrogens (tertiary/aromatic N) is 2. The Balaban J connectivity index is 2.00. The van der Waals surface area contributed by atoms with Crippen molar-refractivity contribution < 1.29 is 4.39 Å². The Labute approximate surface area is 113 Å². The molecule has 0 saturated heterocycles. The number of imidazole rings is 1. The highest BCUT2D eigenvalue weighted by Gasteiger charge is 2.09. The second-order valence-electron chi connectivity index (χ2n) is 4.87. The number of hydrogen-bond acceptors (Lipinski definition) is 2. The molecular formula is C15H20FN3. The second-order valence-corrected chi connectivity index (χ2v) is 4.87. The summed E-state index contributed by atoms with van der Waals surface area (Å²) < 4.78 is 14.9. The average Bonchev–Trinajstić information content (AvgIpc) is 2.72. The van der Waals surface area contributed by atoms with E-state index < -0.39 is 0 Å². The molecule has 1 N–H and O–H groups in total. The lowest BCUT2D eigenvalue weighted by atomic mass is 10.1. The number of halogens is 1. The summed E-state index contributed by atoms with van der Waals surface area (Å²) in [5, 5.41) is 3.40. The highest BCUT2D eigenvalue weighted by atomic mass is 19.1. The van der Waals surface area contributed by atoms with Gasteiger partial charge in [0.25, 0.3) is 0 Å². The lowest BCUT2D eigenvalue weighted by Crippen LogP contribution is -2.20. The summed E-state index contributed by atoms with van der Waals surface area (Å²) in [6, 6.07) is 6.90. The van der Waals surface area contributed by atoms with Crippen LogP contribution in [0.3, 0.4) is 0 Å². The van der Waals surface area contributed by atoms with Crippen molar-refractivity contribution >= 4 is 5.95 Å². The number of rotatable bonds is 5. The fourth-order valence-electron chi connectivity index (χ4n) is 2.15. The molecule has 1 aromatic carbocycles. The highest BCUT2D eigenvalue weighted by molar-refractivity contribution is 5.31. The van der Waals surface area contributed by atoms with Crippen molar-refractivity contribution in [1.29, 1.82) is 0 Å². The van der Waals surface area contributed by atoms with Gasteiger partial charge in [0.15, 0.2) is 0 Å². The Morgan fingerprint density at radius 2 is 2.00 bits per heavy atom. The lowest BCUT2D eigenvalue weighted by molar-refractivity contribution is 0.626. The zero-order valence-corrected chi connectivity index (χ0v) is 11.7. The van der Waals surface area contributed by atoms with E-state index in [-0.39, 0.29) is 11.9 Å². The standard InChI is InChI=1S/C15H20FN3/c1-4-19-10-12(3)18-15(19)17-11(2)9-13-5-7-14(16)8-6-13/h5-8,10-11H,4,9H2,1-3H3,(H,17,18). The van der Waals surface area contributed by atoms with Gasteiger partial charge in [-0.3, -0.25) is 0 Å². The van der Waals surface area contributed by atoms with Gasteiger partial charge in [-0.1, -0.05) is 12.1 Å². The van der Waals surface area contributed by atoms with Crippen molar-refractivity contribution in [3.8, 4) is 0 Å². The first-order chi connectivity index (χ1) is 9.08. The summed E-state index contributed by atoms with van der Waals surface area (Å²) in [5.74, 6) is 0.705. The number of benzene rings is 1. The molecule has 2 aromatic rings. The SMILES string of the molecule is CCn1cc(C)nc1NC(C)Cc1ccc(F)cc1. The number of aromatic nitrogens is 2. The molecular weight excluding hydrogens is 241 g/mol. The van der Waals surface area contributed by atoms with Crippen LogP contribution in [0.5, 0.6) is 0 Å². The molecule has 1 atom stereocenters. The van der Waals surface area contributed by atoms with E-state index in [0.717, 1.165) is 30.2 Å². The third-order valence-electron chi connectivity index (χ3n) is 3.07. The van der Waals surface area contributed by atoms with Crippen LogP contribution in [0.15, 0.2) is 30.5 Å². The van der Waals surface area contributed by atoms with Crippen molar-refractivity contribution in [3.63, 3.8) is 0 Å². The smallest absolute Gasteiger partial charge is 0.203 e. The van der Waals surface area contributed by atoms with Gasteiger partial charge in [0, 0.05) is 18.8 Å². The van der Waals surface area contributed by atoms with Gasteiger partial charge in [-0.15, -0.1) is 0 Å². The molecule has 0 bridgehead atoms. The van der Waals surface area contributed by atoms with E-state index in [1.807, 2.05) is 25.3 Å². The maximum Gasteiger partial charge on any atom is 0.203 e. The van der Waals surface area contributed by atoms with Crippen LogP contribution in [-0.2, 0) is 13.0 Å². The van der Waals surface area contributed by atoms with E-state index in [1.54, 1.807) is 0 Å². The first-order valence-electron chi connectivity index (χ1n) is 6.63. The molecule has 1 heterocycles. The van der Waals surface area contributed by atoms with Gasteiger partial charge in [0.2, 0.25) is 5.95 Å².